The van der Waals surface area contributed by atoms with Crippen molar-refractivity contribution in [2.24, 2.45) is 14.1 Å². The van der Waals surface area contributed by atoms with Crippen molar-refractivity contribution in [1.29, 1.82) is 0 Å². The molecule has 13 heteroatoms. The zero-order valence-corrected chi connectivity index (χ0v) is 22.4. The number of esters is 1. The van der Waals surface area contributed by atoms with Crippen LogP contribution in [0.3, 0.4) is 0 Å². The van der Waals surface area contributed by atoms with Gasteiger partial charge in [-0.25, -0.2) is 9.97 Å². The molecule has 0 saturated heterocycles. The minimum Gasteiger partial charge on any atom is -0.507 e. The predicted molar refractivity (Wildman–Crippen MR) is 144 cm³/mol. The number of aliphatic carboxylic acids is 1. The van der Waals surface area contributed by atoms with E-state index < -0.39 is 5.97 Å². The molecule has 0 aliphatic heterocycles. The number of aldehydes is 2. The van der Waals surface area contributed by atoms with Crippen LogP contribution in [0.2, 0.25) is 0 Å². The third kappa shape index (κ3) is 6.71. The van der Waals surface area contributed by atoms with Gasteiger partial charge in [0, 0.05) is 26.9 Å². The Balaban J connectivity index is 0.000000268. The van der Waals surface area contributed by atoms with Crippen LogP contribution in [-0.2, 0) is 41.3 Å². The molecule has 2 heterocycles. The van der Waals surface area contributed by atoms with Crippen molar-refractivity contribution in [2.75, 3.05) is 6.61 Å². The van der Waals surface area contributed by atoms with E-state index in [-0.39, 0.29) is 60.3 Å². The molecule has 0 bridgehead atoms. The SMILES string of the molecule is CCOC(=O)CCc1nc2c(C=O)c(O)ccc2n1C.Cl.Cn1c(CCC(=O)O)nc2c(C=O)c(O)ccc21. The normalized spacial score (nSPS) is 10.4. The van der Waals surface area contributed by atoms with E-state index in [1.54, 1.807) is 42.3 Å². The number of rotatable bonds is 9. The van der Waals surface area contributed by atoms with Crippen molar-refractivity contribution in [1.82, 2.24) is 19.1 Å². The van der Waals surface area contributed by atoms with Crippen molar-refractivity contribution < 1.29 is 39.2 Å². The van der Waals surface area contributed by atoms with Gasteiger partial charge in [-0.2, -0.15) is 0 Å². The second-order valence-corrected chi connectivity index (χ2v) is 8.34. The number of nitrogens with zero attached hydrogens (tertiary/aromatic N) is 4. The molecule has 12 nitrogen and oxygen atoms in total. The van der Waals surface area contributed by atoms with Crippen LogP contribution in [-0.4, -0.2) is 65.5 Å². The van der Waals surface area contributed by atoms with Crippen LogP contribution in [0.15, 0.2) is 24.3 Å². The van der Waals surface area contributed by atoms with E-state index in [2.05, 4.69) is 9.97 Å². The summed E-state index contributed by atoms with van der Waals surface area (Å²) in [4.78, 5) is 52.4. The molecule has 208 valence electrons. The molecule has 4 rings (SSSR count). The van der Waals surface area contributed by atoms with Crippen LogP contribution < -0.4 is 0 Å². The number of carboxylic acid groups (broad SMARTS) is 1. The number of carbonyl (C=O) groups excluding carboxylic acids is 3. The van der Waals surface area contributed by atoms with Gasteiger partial charge in [-0.1, -0.05) is 0 Å². The number of phenolic OH excluding ortho intramolecular Hbond substituents is 2. The first-order valence-electron chi connectivity index (χ1n) is 11.7. The predicted octanol–water partition coefficient (Wildman–Crippen LogP) is 3.12. The van der Waals surface area contributed by atoms with Crippen LogP contribution in [0.4, 0.5) is 0 Å². The zero-order valence-electron chi connectivity index (χ0n) is 21.6. The molecule has 2 aromatic carbocycles. The lowest BCUT2D eigenvalue weighted by Gasteiger charge is -2.02. The number of aromatic hydroxyl groups is 2. The zero-order chi connectivity index (χ0) is 28.0. The first kappa shape index (κ1) is 30.8. The number of aromatic nitrogens is 4. The van der Waals surface area contributed by atoms with E-state index in [4.69, 9.17) is 9.84 Å². The van der Waals surface area contributed by atoms with Crippen molar-refractivity contribution in [3.63, 3.8) is 0 Å². The Morgan fingerprint density at radius 2 is 1.28 bits per heavy atom. The van der Waals surface area contributed by atoms with Gasteiger partial charge in [0.1, 0.15) is 34.2 Å². The number of fused-ring (bicyclic) bond motifs is 2. The summed E-state index contributed by atoms with van der Waals surface area (Å²) >= 11 is 0. The van der Waals surface area contributed by atoms with Gasteiger partial charge in [0.05, 0.1) is 41.6 Å². The van der Waals surface area contributed by atoms with Gasteiger partial charge in [-0.05, 0) is 31.2 Å². The van der Waals surface area contributed by atoms with Gasteiger partial charge in [-0.3, -0.25) is 19.2 Å². The van der Waals surface area contributed by atoms with Crippen LogP contribution in [0.5, 0.6) is 11.5 Å². The summed E-state index contributed by atoms with van der Waals surface area (Å²) in [5, 5.41) is 27.8. The highest BCUT2D eigenvalue weighted by molar-refractivity contribution is 5.98. The Morgan fingerprint density at radius 3 is 1.67 bits per heavy atom. The highest BCUT2D eigenvalue weighted by Crippen LogP contribution is 2.27. The molecule has 2 aromatic heterocycles. The number of hydrogen-bond acceptors (Lipinski definition) is 9. The number of phenols is 2. The van der Waals surface area contributed by atoms with Crippen molar-refractivity contribution in [3.05, 3.63) is 47.0 Å². The number of ether oxygens (including phenoxy) is 1. The monoisotopic (exact) mass is 560 g/mol. The third-order valence-electron chi connectivity index (χ3n) is 5.98. The number of aryl methyl sites for hydroxylation is 4. The first-order valence-corrected chi connectivity index (χ1v) is 11.7. The molecule has 0 spiro atoms. The summed E-state index contributed by atoms with van der Waals surface area (Å²) in [5.41, 5.74) is 2.57. The summed E-state index contributed by atoms with van der Waals surface area (Å²) < 4.78 is 8.40. The number of hydrogen-bond donors (Lipinski definition) is 3. The lowest BCUT2D eigenvalue weighted by molar-refractivity contribution is -0.143. The van der Waals surface area contributed by atoms with E-state index >= 15 is 0 Å². The maximum absolute atomic E-state index is 11.4. The topological polar surface area (TPSA) is 174 Å². The summed E-state index contributed by atoms with van der Waals surface area (Å²) in [5.74, 6) is -0.163. The smallest absolute Gasteiger partial charge is 0.306 e. The van der Waals surface area contributed by atoms with Gasteiger partial charge >= 0.3 is 11.9 Å². The van der Waals surface area contributed by atoms with E-state index in [0.29, 0.717) is 53.8 Å². The molecular weight excluding hydrogens is 532 g/mol. The standard InChI is InChI=1S/C14H16N2O4.C12H12N2O4.ClH/c1-3-20-13(19)7-6-12-15-14-9(8-17)11(18)5-4-10(14)16(12)2;1-14-8-2-3-9(16)7(6-15)12(8)13-10(14)4-5-11(17)18;/h4-5,8,18H,3,6-7H2,1-2H3;2-3,6,16H,4-5H2,1H3,(H,17,18);1H. The van der Waals surface area contributed by atoms with Crippen molar-refractivity contribution in [3.8, 4) is 11.5 Å². The molecule has 0 amide bonds. The molecule has 4 aromatic rings. The number of carboxylic acids is 1. The molecular formula is C26H29ClN4O8. The summed E-state index contributed by atoms with van der Waals surface area (Å²) in [6.45, 7) is 2.11. The Labute approximate surface area is 229 Å². The summed E-state index contributed by atoms with van der Waals surface area (Å²) in [6.07, 6.45) is 2.03. The van der Waals surface area contributed by atoms with Gasteiger partial charge in [0.15, 0.2) is 12.6 Å². The van der Waals surface area contributed by atoms with Crippen molar-refractivity contribution in [2.45, 2.75) is 32.6 Å². The molecule has 0 aliphatic carbocycles. The number of halogens is 1. The molecule has 0 radical (unpaired) electrons. The molecule has 0 aliphatic rings. The van der Waals surface area contributed by atoms with Crippen LogP contribution >= 0.6 is 12.4 Å². The number of carbonyl (C=O) groups is 4. The first-order chi connectivity index (χ1) is 18.1. The third-order valence-corrected chi connectivity index (χ3v) is 5.98. The van der Waals surface area contributed by atoms with Gasteiger partial charge in [0.2, 0.25) is 0 Å². The van der Waals surface area contributed by atoms with Crippen LogP contribution in [0.1, 0.15) is 52.1 Å². The summed E-state index contributed by atoms with van der Waals surface area (Å²) in [6, 6.07) is 6.23. The highest BCUT2D eigenvalue weighted by Gasteiger charge is 2.16. The number of benzene rings is 2. The quantitative estimate of drug-likeness (QED) is 0.204. The second kappa shape index (κ2) is 13.4. The van der Waals surface area contributed by atoms with Crippen LogP contribution in [0.25, 0.3) is 22.1 Å². The fourth-order valence-corrected chi connectivity index (χ4v) is 3.98. The molecule has 0 saturated carbocycles. The van der Waals surface area contributed by atoms with Crippen molar-refractivity contribution >= 4 is 59.0 Å². The maximum atomic E-state index is 11.4. The Bertz CT molecular complexity index is 1530. The van der Waals surface area contributed by atoms with E-state index in [1.807, 2.05) is 0 Å². The van der Waals surface area contributed by atoms with E-state index in [0.717, 1.165) is 5.52 Å². The lowest BCUT2D eigenvalue weighted by Crippen LogP contribution is -2.07. The fourth-order valence-electron chi connectivity index (χ4n) is 3.98. The van der Waals surface area contributed by atoms with Gasteiger partial charge in [-0.15, -0.1) is 12.4 Å². The molecule has 0 atom stereocenters. The molecule has 39 heavy (non-hydrogen) atoms. The molecule has 0 fully saturated rings. The molecule has 3 N–H and O–H groups in total. The second-order valence-electron chi connectivity index (χ2n) is 8.34. The summed E-state index contributed by atoms with van der Waals surface area (Å²) in [7, 11) is 3.56. The Kier molecular flexibility index (Phi) is 10.6. The van der Waals surface area contributed by atoms with E-state index in [1.165, 1.54) is 12.1 Å². The average molecular weight is 561 g/mol. The van der Waals surface area contributed by atoms with E-state index in [9.17, 15) is 29.4 Å². The number of imidazole rings is 2. The maximum Gasteiger partial charge on any atom is 0.306 e. The fraction of sp³-hybridized carbons (Fsp3) is 0.308. The average Bonchev–Trinajstić information content (AvgIpc) is 3.37. The Morgan fingerprint density at radius 1 is 0.846 bits per heavy atom. The lowest BCUT2D eigenvalue weighted by atomic mass is 10.2. The Hall–Kier alpha value is -4.45. The minimum absolute atomic E-state index is 0. The molecule has 0 unspecified atom stereocenters. The minimum atomic E-state index is -0.902. The highest BCUT2D eigenvalue weighted by atomic mass is 35.5. The van der Waals surface area contributed by atoms with Gasteiger partial charge in [0.25, 0.3) is 0 Å². The van der Waals surface area contributed by atoms with Gasteiger partial charge < -0.3 is 29.2 Å². The van der Waals surface area contributed by atoms with Crippen LogP contribution in [0, 0.1) is 0 Å². The largest absolute Gasteiger partial charge is 0.507 e.